The molecule has 1 aliphatic heterocycles. The van der Waals surface area contributed by atoms with Gasteiger partial charge < -0.3 is 14.4 Å². The SMILES string of the molecule is CCN(Cc1ccccc1)C(=O)CCc1cc(S(=O)(=O)N2CCOCC2)ccc1OC. The van der Waals surface area contributed by atoms with E-state index in [-0.39, 0.29) is 17.2 Å². The molecule has 0 N–H and O–H groups in total. The Hall–Kier alpha value is -2.42. The molecular formula is C23H30N2O5S. The van der Waals surface area contributed by atoms with Gasteiger partial charge in [-0.25, -0.2) is 8.42 Å². The van der Waals surface area contributed by atoms with Crippen molar-refractivity contribution in [2.24, 2.45) is 0 Å². The lowest BCUT2D eigenvalue weighted by atomic mass is 10.1. The van der Waals surface area contributed by atoms with E-state index in [4.69, 9.17) is 9.47 Å². The normalized spacial score (nSPS) is 14.9. The zero-order valence-corrected chi connectivity index (χ0v) is 18.9. The van der Waals surface area contributed by atoms with E-state index in [2.05, 4.69) is 0 Å². The summed E-state index contributed by atoms with van der Waals surface area (Å²) in [6, 6.07) is 14.7. The third-order valence-corrected chi connectivity index (χ3v) is 7.31. The third kappa shape index (κ3) is 5.84. The smallest absolute Gasteiger partial charge is 0.243 e. The molecule has 1 aliphatic rings. The van der Waals surface area contributed by atoms with Crippen molar-refractivity contribution in [2.75, 3.05) is 40.0 Å². The summed E-state index contributed by atoms with van der Waals surface area (Å²) in [5.41, 5.74) is 1.79. The van der Waals surface area contributed by atoms with E-state index in [1.807, 2.05) is 37.3 Å². The van der Waals surface area contributed by atoms with E-state index in [1.165, 1.54) is 4.31 Å². The lowest BCUT2D eigenvalue weighted by Crippen LogP contribution is -2.40. The number of methoxy groups -OCH3 is 1. The molecule has 3 rings (SSSR count). The summed E-state index contributed by atoms with van der Waals surface area (Å²) in [5.74, 6) is 0.606. The maximum atomic E-state index is 13.0. The molecule has 2 aromatic carbocycles. The topological polar surface area (TPSA) is 76.2 Å². The molecule has 0 bridgehead atoms. The number of hydrogen-bond donors (Lipinski definition) is 0. The van der Waals surface area contributed by atoms with Crippen LogP contribution in [0.1, 0.15) is 24.5 Å². The largest absolute Gasteiger partial charge is 0.496 e. The number of carbonyl (C=O) groups is 1. The maximum absolute atomic E-state index is 13.0. The van der Waals surface area contributed by atoms with Crippen molar-refractivity contribution >= 4 is 15.9 Å². The number of amides is 1. The molecule has 0 radical (unpaired) electrons. The highest BCUT2D eigenvalue weighted by Crippen LogP contribution is 2.26. The van der Waals surface area contributed by atoms with Crippen LogP contribution in [0.15, 0.2) is 53.4 Å². The van der Waals surface area contributed by atoms with Gasteiger partial charge in [0.25, 0.3) is 0 Å². The predicted octanol–water partition coefficient (Wildman–Crippen LogP) is 2.70. The van der Waals surface area contributed by atoms with E-state index in [0.717, 1.165) is 5.56 Å². The van der Waals surface area contributed by atoms with Crippen molar-refractivity contribution in [3.05, 3.63) is 59.7 Å². The van der Waals surface area contributed by atoms with Gasteiger partial charge >= 0.3 is 0 Å². The first-order chi connectivity index (χ1) is 15.0. The number of aryl methyl sites for hydroxylation is 1. The Balaban J connectivity index is 1.72. The van der Waals surface area contributed by atoms with Gasteiger partial charge in [0.2, 0.25) is 15.9 Å². The van der Waals surface area contributed by atoms with Crippen molar-refractivity contribution < 1.29 is 22.7 Å². The van der Waals surface area contributed by atoms with Crippen LogP contribution in [0.2, 0.25) is 0 Å². The molecule has 0 spiro atoms. The van der Waals surface area contributed by atoms with Crippen molar-refractivity contribution in [3.63, 3.8) is 0 Å². The fraction of sp³-hybridized carbons (Fsp3) is 0.435. The Morgan fingerprint density at radius 2 is 1.84 bits per heavy atom. The predicted molar refractivity (Wildman–Crippen MR) is 118 cm³/mol. The van der Waals surface area contributed by atoms with Crippen molar-refractivity contribution in [1.82, 2.24) is 9.21 Å². The van der Waals surface area contributed by atoms with Crippen LogP contribution in [-0.2, 0) is 32.5 Å². The highest BCUT2D eigenvalue weighted by molar-refractivity contribution is 7.89. The average Bonchev–Trinajstić information content (AvgIpc) is 2.82. The van der Waals surface area contributed by atoms with Crippen LogP contribution in [0.5, 0.6) is 5.75 Å². The maximum Gasteiger partial charge on any atom is 0.243 e. The van der Waals surface area contributed by atoms with Gasteiger partial charge in [0.05, 0.1) is 25.2 Å². The van der Waals surface area contributed by atoms with Gasteiger partial charge in [-0.1, -0.05) is 30.3 Å². The van der Waals surface area contributed by atoms with E-state index in [9.17, 15) is 13.2 Å². The summed E-state index contributed by atoms with van der Waals surface area (Å²) >= 11 is 0. The van der Waals surface area contributed by atoms with E-state index in [0.29, 0.717) is 57.1 Å². The molecule has 1 fully saturated rings. The van der Waals surface area contributed by atoms with Crippen molar-refractivity contribution in [3.8, 4) is 5.75 Å². The summed E-state index contributed by atoms with van der Waals surface area (Å²) in [7, 11) is -2.06. The van der Waals surface area contributed by atoms with Gasteiger partial charge in [-0.05, 0) is 42.7 Å². The highest BCUT2D eigenvalue weighted by atomic mass is 32.2. The number of hydrogen-bond acceptors (Lipinski definition) is 5. The number of sulfonamides is 1. The van der Waals surface area contributed by atoms with Crippen LogP contribution < -0.4 is 4.74 Å². The Bertz CT molecular complexity index is 973. The van der Waals surface area contributed by atoms with Crippen LogP contribution >= 0.6 is 0 Å². The van der Waals surface area contributed by atoms with Gasteiger partial charge in [-0.15, -0.1) is 0 Å². The number of nitrogens with zero attached hydrogens (tertiary/aromatic N) is 2. The lowest BCUT2D eigenvalue weighted by molar-refractivity contribution is -0.131. The number of rotatable bonds is 9. The fourth-order valence-electron chi connectivity index (χ4n) is 3.63. The summed E-state index contributed by atoms with van der Waals surface area (Å²) in [4.78, 5) is 14.8. The van der Waals surface area contributed by atoms with Gasteiger partial charge in [-0.2, -0.15) is 4.31 Å². The van der Waals surface area contributed by atoms with Crippen molar-refractivity contribution in [2.45, 2.75) is 31.2 Å². The minimum atomic E-state index is -3.61. The molecule has 0 unspecified atom stereocenters. The number of morpholine rings is 1. The summed E-state index contributed by atoms with van der Waals surface area (Å²) in [6.07, 6.45) is 0.678. The molecule has 168 valence electrons. The second kappa shape index (κ2) is 10.7. The Kier molecular flexibility index (Phi) is 8.06. The number of benzene rings is 2. The van der Waals surface area contributed by atoms with Gasteiger partial charge in [0.15, 0.2) is 0 Å². The Morgan fingerprint density at radius 3 is 2.48 bits per heavy atom. The summed E-state index contributed by atoms with van der Waals surface area (Å²) < 4.78 is 38.1. The lowest BCUT2D eigenvalue weighted by Gasteiger charge is -2.26. The zero-order chi connectivity index (χ0) is 22.3. The molecule has 0 atom stereocenters. The molecule has 2 aromatic rings. The van der Waals surface area contributed by atoms with E-state index in [1.54, 1.807) is 30.2 Å². The Morgan fingerprint density at radius 1 is 1.13 bits per heavy atom. The highest BCUT2D eigenvalue weighted by Gasteiger charge is 2.27. The first kappa shape index (κ1) is 23.2. The molecule has 0 aromatic heterocycles. The summed E-state index contributed by atoms with van der Waals surface area (Å²) in [6.45, 7) is 4.59. The first-order valence-corrected chi connectivity index (χ1v) is 12.0. The van der Waals surface area contributed by atoms with Crippen LogP contribution in [0, 0.1) is 0 Å². The van der Waals surface area contributed by atoms with Gasteiger partial charge in [-0.3, -0.25) is 4.79 Å². The molecule has 31 heavy (non-hydrogen) atoms. The molecule has 1 amide bonds. The second-order valence-electron chi connectivity index (χ2n) is 7.38. The molecule has 1 saturated heterocycles. The molecule has 0 aliphatic carbocycles. The first-order valence-electron chi connectivity index (χ1n) is 10.5. The third-order valence-electron chi connectivity index (χ3n) is 5.42. The van der Waals surface area contributed by atoms with Crippen LogP contribution in [0.4, 0.5) is 0 Å². The summed E-state index contributed by atoms with van der Waals surface area (Å²) in [5, 5.41) is 0. The standard InChI is InChI=1S/C23H30N2O5S/c1-3-24(18-19-7-5-4-6-8-19)23(26)12-9-20-17-21(10-11-22(20)29-2)31(27,28)25-13-15-30-16-14-25/h4-8,10-11,17H,3,9,12-16,18H2,1-2H3. The molecule has 8 heteroatoms. The average molecular weight is 447 g/mol. The second-order valence-corrected chi connectivity index (χ2v) is 9.32. The Labute approximate surface area is 184 Å². The number of carbonyl (C=O) groups excluding carboxylic acids is 1. The quantitative estimate of drug-likeness (QED) is 0.592. The molecule has 1 heterocycles. The minimum Gasteiger partial charge on any atom is -0.496 e. The fourth-order valence-corrected chi connectivity index (χ4v) is 5.09. The number of ether oxygens (including phenoxy) is 2. The zero-order valence-electron chi connectivity index (χ0n) is 18.1. The van der Waals surface area contributed by atoms with Crippen molar-refractivity contribution in [1.29, 1.82) is 0 Å². The molecular weight excluding hydrogens is 416 g/mol. The van der Waals surface area contributed by atoms with E-state index < -0.39 is 10.0 Å². The minimum absolute atomic E-state index is 0.0230. The van der Waals surface area contributed by atoms with Crippen LogP contribution in [0.25, 0.3) is 0 Å². The van der Waals surface area contributed by atoms with Gasteiger partial charge in [0.1, 0.15) is 5.75 Å². The molecule has 7 nitrogen and oxygen atoms in total. The van der Waals surface area contributed by atoms with Crippen LogP contribution in [-0.4, -0.2) is 63.5 Å². The monoisotopic (exact) mass is 446 g/mol. The van der Waals surface area contributed by atoms with Crippen LogP contribution in [0.3, 0.4) is 0 Å². The molecule has 0 saturated carbocycles. The van der Waals surface area contributed by atoms with Gasteiger partial charge in [0, 0.05) is 32.6 Å². The van der Waals surface area contributed by atoms with E-state index >= 15 is 0 Å².